The van der Waals surface area contributed by atoms with E-state index in [9.17, 15) is 14.7 Å². The molecule has 1 saturated heterocycles. The van der Waals surface area contributed by atoms with E-state index in [1.54, 1.807) is 7.05 Å². The molecule has 0 aromatic carbocycles. The Kier molecular flexibility index (Phi) is 4.09. The monoisotopic (exact) mass is 335 g/mol. The minimum Gasteiger partial charge on any atom is -0.394 e. The lowest BCUT2D eigenvalue weighted by Crippen LogP contribution is -2.35. The van der Waals surface area contributed by atoms with Crippen molar-refractivity contribution >= 4 is 21.7 Å². The lowest BCUT2D eigenvalue weighted by Gasteiger charge is -2.19. The standard InChI is InChI=1S/C10H14BrN3O5/c1-12-8-7(11)9(17)13-10(18)14(8)6-2-4(16)5(3-15)19-6/h4-6,12,15-16H,2-3H2,1H3,(H,13,17,18)/t4-,5+,6+/m0/s1. The number of nitrogens with zero attached hydrogens (tertiary/aromatic N) is 1. The van der Waals surface area contributed by atoms with Crippen molar-refractivity contribution in [3.63, 3.8) is 0 Å². The van der Waals surface area contributed by atoms with Gasteiger partial charge in [0, 0.05) is 13.5 Å². The number of anilines is 1. The number of aliphatic hydroxyl groups is 2. The van der Waals surface area contributed by atoms with E-state index < -0.39 is 29.7 Å². The maximum atomic E-state index is 11.9. The smallest absolute Gasteiger partial charge is 0.332 e. The summed E-state index contributed by atoms with van der Waals surface area (Å²) in [4.78, 5) is 25.5. The van der Waals surface area contributed by atoms with Crippen molar-refractivity contribution in [1.29, 1.82) is 0 Å². The largest absolute Gasteiger partial charge is 0.394 e. The molecule has 1 aromatic heterocycles. The van der Waals surface area contributed by atoms with E-state index in [2.05, 4.69) is 26.2 Å². The predicted molar refractivity (Wildman–Crippen MR) is 70.2 cm³/mol. The Morgan fingerprint density at radius 2 is 2.26 bits per heavy atom. The van der Waals surface area contributed by atoms with Gasteiger partial charge in [-0.05, 0) is 15.9 Å². The maximum absolute atomic E-state index is 11.9. The zero-order valence-corrected chi connectivity index (χ0v) is 11.7. The van der Waals surface area contributed by atoms with Gasteiger partial charge in [0.25, 0.3) is 5.56 Å². The Hall–Kier alpha value is -1.16. The van der Waals surface area contributed by atoms with Gasteiger partial charge in [-0.25, -0.2) is 4.79 Å². The van der Waals surface area contributed by atoms with Crippen molar-refractivity contribution < 1.29 is 14.9 Å². The van der Waals surface area contributed by atoms with Gasteiger partial charge in [-0.3, -0.25) is 14.3 Å². The predicted octanol–water partition coefficient (Wildman–Crippen LogP) is -1.02. The highest BCUT2D eigenvalue weighted by atomic mass is 79.9. The van der Waals surface area contributed by atoms with Crippen LogP contribution in [0.5, 0.6) is 0 Å². The third-order valence-electron chi connectivity index (χ3n) is 3.00. The highest BCUT2D eigenvalue weighted by Crippen LogP contribution is 2.30. The summed E-state index contributed by atoms with van der Waals surface area (Å²) >= 11 is 3.09. The topological polar surface area (TPSA) is 117 Å². The van der Waals surface area contributed by atoms with E-state index in [0.29, 0.717) is 0 Å². The average Bonchev–Trinajstić information content (AvgIpc) is 2.74. The van der Waals surface area contributed by atoms with Crippen molar-refractivity contribution in [2.75, 3.05) is 19.0 Å². The van der Waals surface area contributed by atoms with Gasteiger partial charge in [0.15, 0.2) is 0 Å². The fourth-order valence-electron chi connectivity index (χ4n) is 2.07. The molecule has 4 N–H and O–H groups in total. The number of hydrogen-bond donors (Lipinski definition) is 4. The first-order valence-corrected chi connectivity index (χ1v) is 6.45. The number of ether oxygens (including phenoxy) is 1. The van der Waals surface area contributed by atoms with Crippen LogP contribution in [0.3, 0.4) is 0 Å². The molecule has 1 aliphatic rings. The molecule has 2 rings (SSSR count). The Morgan fingerprint density at radius 3 is 2.79 bits per heavy atom. The number of halogens is 1. The maximum Gasteiger partial charge on any atom is 0.332 e. The summed E-state index contributed by atoms with van der Waals surface area (Å²) in [6, 6.07) is 0. The first kappa shape index (κ1) is 14.3. The molecular weight excluding hydrogens is 322 g/mol. The fraction of sp³-hybridized carbons (Fsp3) is 0.600. The van der Waals surface area contributed by atoms with Crippen LogP contribution in [0.2, 0.25) is 0 Å². The Labute approximate surface area is 116 Å². The van der Waals surface area contributed by atoms with Gasteiger partial charge in [0.2, 0.25) is 0 Å². The fourth-order valence-corrected chi connectivity index (χ4v) is 2.56. The zero-order chi connectivity index (χ0) is 14.2. The molecule has 0 amide bonds. The number of aliphatic hydroxyl groups excluding tert-OH is 2. The molecule has 19 heavy (non-hydrogen) atoms. The summed E-state index contributed by atoms with van der Waals surface area (Å²) in [6.45, 7) is -0.341. The molecule has 2 heterocycles. The molecule has 0 unspecified atom stereocenters. The molecular formula is C10H14BrN3O5. The molecule has 9 heteroatoms. The van der Waals surface area contributed by atoms with Crippen LogP contribution in [0.1, 0.15) is 12.6 Å². The molecule has 1 aromatic rings. The number of H-pyrrole nitrogens is 1. The molecule has 106 valence electrons. The summed E-state index contributed by atoms with van der Waals surface area (Å²) < 4.78 is 6.77. The molecule has 8 nitrogen and oxygen atoms in total. The van der Waals surface area contributed by atoms with Crippen LogP contribution in [0, 0.1) is 0 Å². The third kappa shape index (κ3) is 2.46. The van der Waals surface area contributed by atoms with Crippen LogP contribution in [-0.2, 0) is 4.74 Å². The van der Waals surface area contributed by atoms with Crippen LogP contribution in [0.25, 0.3) is 0 Å². The average molecular weight is 336 g/mol. The summed E-state index contributed by atoms with van der Waals surface area (Å²) in [5.41, 5.74) is -1.20. The first-order chi connectivity index (χ1) is 8.99. The zero-order valence-electron chi connectivity index (χ0n) is 10.1. The summed E-state index contributed by atoms with van der Waals surface area (Å²) in [7, 11) is 1.56. The molecule has 1 fully saturated rings. The number of aromatic nitrogens is 2. The van der Waals surface area contributed by atoms with E-state index in [1.165, 1.54) is 4.57 Å². The minimum absolute atomic E-state index is 0.151. The van der Waals surface area contributed by atoms with Gasteiger partial charge in [-0.1, -0.05) is 0 Å². The quantitative estimate of drug-likeness (QED) is 0.562. The SMILES string of the molecule is CNc1c(Br)c(=O)[nH]c(=O)n1[C@H]1C[C@H](O)[C@@H](CO)O1. The molecule has 3 atom stereocenters. The Bertz CT molecular complexity index is 584. The molecule has 0 spiro atoms. The first-order valence-electron chi connectivity index (χ1n) is 5.66. The van der Waals surface area contributed by atoms with Gasteiger partial charge in [-0.15, -0.1) is 0 Å². The van der Waals surface area contributed by atoms with E-state index >= 15 is 0 Å². The van der Waals surface area contributed by atoms with E-state index in [0.717, 1.165) is 0 Å². The van der Waals surface area contributed by atoms with Gasteiger partial charge in [0.05, 0.1) is 12.7 Å². The third-order valence-corrected chi connectivity index (χ3v) is 3.73. The minimum atomic E-state index is -0.864. The van der Waals surface area contributed by atoms with Gasteiger partial charge in [-0.2, -0.15) is 0 Å². The number of hydrogen-bond acceptors (Lipinski definition) is 6. The van der Waals surface area contributed by atoms with E-state index in [1.807, 2.05) is 0 Å². The highest BCUT2D eigenvalue weighted by Gasteiger charge is 2.36. The van der Waals surface area contributed by atoms with Crippen molar-refractivity contribution in [1.82, 2.24) is 9.55 Å². The number of aromatic amines is 1. The van der Waals surface area contributed by atoms with Crippen molar-refractivity contribution in [2.45, 2.75) is 24.9 Å². The van der Waals surface area contributed by atoms with Gasteiger partial charge >= 0.3 is 5.69 Å². The van der Waals surface area contributed by atoms with Crippen molar-refractivity contribution in [3.8, 4) is 0 Å². The molecule has 0 saturated carbocycles. The van der Waals surface area contributed by atoms with Crippen molar-refractivity contribution in [2.24, 2.45) is 0 Å². The molecule has 0 bridgehead atoms. The highest BCUT2D eigenvalue weighted by molar-refractivity contribution is 9.10. The Morgan fingerprint density at radius 1 is 1.58 bits per heavy atom. The summed E-state index contributed by atoms with van der Waals surface area (Å²) in [5.74, 6) is 0.254. The van der Waals surface area contributed by atoms with E-state index in [4.69, 9.17) is 9.84 Å². The Balaban J connectivity index is 2.49. The lowest BCUT2D eigenvalue weighted by molar-refractivity contribution is -0.0452. The van der Waals surface area contributed by atoms with E-state index in [-0.39, 0.29) is 23.3 Å². The van der Waals surface area contributed by atoms with Crippen LogP contribution in [-0.4, -0.2) is 45.6 Å². The molecule has 1 aliphatic heterocycles. The van der Waals surface area contributed by atoms with Crippen molar-refractivity contribution in [3.05, 3.63) is 25.3 Å². The van der Waals surface area contributed by atoms with Gasteiger partial charge in [0.1, 0.15) is 22.6 Å². The second kappa shape index (κ2) is 5.45. The summed E-state index contributed by atoms with van der Waals surface area (Å²) in [5, 5.41) is 21.5. The second-order valence-corrected chi connectivity index (χ2v) is 4.95. The van der Waals surface area contributed by atoms with Gasteiger partial charge < -0.3 is 20.3 Å². The molecule has 0 radical (unpaired) electrons. The van der Waals surface area contributed by atoms with Crippen LogP contribution in [0.15, 0.2) is 14.1 Å². The number of nitrogens with one attached hydrogen (secondary N) is 2. The summed E-state index contributed by atoms with van der Waals surface area (Å²) in [6.07, 6.45) is -2.21. The number of rotatable bonds is 3. The van der Waals surface area contributed by atoms with Crippen LogP contribution < -0.4 is 16.6 Å². The lowest BCUT2D eigenvalue weighted by atomic mass is 10.2. The molecule has 0 aliphatic carbocycles. The normalized spacial score (nSPS) is 26.6. The van der Waals surface area contributed by atoms with Crippen LogP contribution >= 0.6 is 15.9 Å². The van der Waals surface area contributed by atoms with Crippen LogP contribution in [0.4, 0.5) is 5.82 Å². The second-order valence-electron chi connectivity index (χ2n) is 4.16.